The zero-order chi connectivity index (χ0) is 53.0. The standard InChI is InChI=1S/C59H102O14/c1-3-5-7-9-11-13-15-17-19-20-21-22-23-24-25-26-27-28-29-30-32-34-36-38-40-42-51(61)71-48(45-68-43-41-39-37-35-33-31-18-16-14-12-10-8-6-4-2)46-69-58-57(67)55(65)53(63)50(73-58)47-70-59-56(66)54(64)52(62)49(44-60)72-59/h5,7,11,13-14,16-17,19,21-22,24-25,48-50,52-60,62-67H,3-4,6,8-10,12,15,18,20,23,26-47H2,1-2H3/b7-5-,13-11-,16-14-,19-17-,22-21-,25-24-. The molecule has 2 aliphatic heterocycles. The van der Waals surface area contributed by atoms with E-state index in [0.29, 0.717) is 13.0 Å². The van der Waals surface area contributed by atoms with Crippen molar-refractivity contribution >= 4 is 5.97 Å². The number of esters is 1. The summed E-state index contributed by atoms with van der Waals surface area (Å²) >= 11 is 0. The Morgan fingerprint density at radius 3 is 1.41 bits per heavy atom. The number of aliphatic hydroxyl groups is 7. The van der Waals surface area contributed by atoms with Crippen LogP contribution in [0.5, 0.6) is 0 Å². The summed E-state index contributed by atoms with van der Waals surface area (Å²) in [5.41, 5.74) is 0. The molecule has 0 aromatic heterocycles. The fourth-order valence-corrected chi connectivity index (χ4v) is 8.60. The Bertz CT molecular complexity index is 1480. The van der Waals surface area contributed by atoms with E-state index >= 15 is 0 Å². The third-order valence-electron chi connectivity index (χ3n) is 13.2. The molecule has 73 heavy (non-hydrogen) atoms. The Morgan fingerprint density at radius 1 is 0.466 bits per heavy atom. The Labute approximate surface area is 440 Å². The SMILES string of the molecule is CC/C=C\C/C=C\C/C=C\C/C=C\C/C=C\CCCCCCCCCCCC(=O)OC(COCCCCCCCC/C=C\CCCCCC)COC1OC(COC2OC(CO)C(O)C(O)C2O)C(O)C(O)C1O. The van der Waals surface area contributed by atoms with Gasteiger partial charge in [-0.05, 0) is 83.5 Å². The van der Waals surface area contributed by atoms with E-state index in [4.69, 9.17) is 28.4 Å². The smallest absolute Gasteiger partial charge is 0.306 e. The van der Waals surface area contributed by atoms with E-state index in [1.165, 1.54) is 83.5 Å². The van der Waals surface area contributed by atoms with Gasteiger partial charge in [0.2, 0.25) is 0 Å². The van der Waals surface area contributed by atoms with E-state index < -0.39 is 80.7 Å². The van der Waals surface area contributed by atoms with Crippen LogP contribution in [0.15, 0.2) is 72.9 Å². The highest BCUT2D eigenvalue weighted by atomic mass is 16.7. The molecule has 0 aromatic rings. The van der Waals surface area contributed by atoms with Crippen molar-refractivity contribution in [3.05, 3.63) is 72.9 Å². The number of aliphatic hydroxyl groups excluding tert-OH is 7. The lowest BCUT2D eigenvalue weighted by Gasteiger charge is -2.42. The molecule has 14 heteroatoms. The average molecular weight is 1040 g/mol. The fourth-order valence-electron chi connectivity index (χ4n) is 8.60. The number of allylic oxidation sites excluding steroid dienone is 12. The van der Waals surface area contributed by atoms with Gasteiger partial charge in [-0.15, -0.1) is 0 Å². The van der Waals surface area contributed by atoms with Crippen LogP contribution in [-0.4, -0.2) is 142 Å². The van der Waals surface area contributed by atoms with Crippen molar-refractivity contribution in [3.63, 3.8) is 0 Å². The number of ether oxygens (including phenoxy) is 6. The summed E-state index contributed by atoms with van der Waals surface area (Å²) in [6.45, 7) is 3.54. The molecule has 0 bridgehead atoms. The molecule has 14 nitrogen and oxygen atoms in total. The first-order valence-corrected chi connectivity index (χ1v) is 28.5. The minimum absolute atomic E-state index is 0.0521. The van der Waals surface area contributed by atoms with Gasteiger partial charge in [-0.25, -0.2) is 0 Å². The van der Waals surface area contributed by atoms with Crippen LogP contribution < -0.4 is 0 Å². The maximum absolute atomic E-state index is 13.1. The number of rotatable bonds is 45. The van der Waals surface area contributed by atoms with Crippen molar-refractivity contribution in [2.45, 2.75) is 261 Å². The lowest BCUT2D eigenvalue weighted by molar-refractivity contribution is -0.332. The summed E-state index contributed by atoms with van der Waals surface area (Å²) in [5.74, 6) is -0.387. The van der Waals surface area contributed by atoms with Gasteiger partial charge in [0.05, 0.1) is 26.4 Å². The molecule has 2 aliphatic rings. The molecular weight excluding hydrogens is 933 g/mol. The summed E-state index contributed by atoms with van der Waals surface area (Å²) < 4.78 is 34.3. The third kappa shape index (κ3) is 32.6. The van der Waals surface area contributed by atoms with Crippen molar-refractivity contribution in [1.82, 2.24) is 0 Å². The lowest BCUT2D eigenvalue weighted by Crippen LogP contribution is -2.61. The second kappa shape index (κ2) is 45.6. The van der Waals surface area contributed by atoms with Gasteiger partial charge < -0.3 is 64.2 Å². The number of hydrogen-bond acceptors (Lipinski definition) is 14. The molecule has 2 saturated heterocycles. The largest absolute Gasteiger partial charge is 0.457 e. The number of carbonyl (C=O) groups excluding carboxylic acids is 1. The second-order valence-corrected chi connectivity index (χ2v) is 19.7. The third-order valence-corrected chi connectivity index (χ3v) is 13.2. The van der Waals surface area contributed by atoms with Crippen molar-refractivity contribution in [3.8, 4) is 0 Å². The lowest BCUT2D eigenvalue weighted by atomic mass is 9.98. The van der Waals surface area contributed by atoms with Crippen LogP contribution in [0.2, 0.25) is 0 Å². The Morgan fingerprint density at radius 2 is 0.890 bits per heavy atom. The Balaban J connectivity index is 1.71. The Kier molecular flexibility index (Phi) is 41.6. The Hall–Kier alpha value is -2.57. The van der Waals surface area contributed by atoms with Crippen molar-refractivity contribution in [1.29, 1.82) is 0 Å². The van der Waals surface area contributed by atoms with E-state index in [-0.39, 0.29) is 25.6 Å². The predicted octanol–water partition coefficient (Wildman–Crippen LogP) is 9.86. The van der Waals surface area contributed by atoms with Gasteiger partial charge in [0.15, 0.2) is 12.6 Å². The minimum Gasteiger partial charge on any atom is -0.457 e. The van der Waals surface area contributed by atoms with Crippen LogP contribution in [0, 0.1) is 0 Å². The first-order chi connectivity index (χ1) is 35.6. The van der Waals surface area contributed by atoms with Gasteiger partial charge in [-0.3, -0.25) is 4.79 Å². The summed E-state index contributed by atoms with van der Waals surface area (Å²) in [5, 5.41) is 72.3. The molecule has 11 atom stereocenters. The molecule has 0 aromatic carbocycles. The second-order valence-electron chi connectivity index (χ2n) is 19.7. The first-order valence-electron chi connectivity index (χ1n) is 28.5. The van der Waals surface area contributed by atoms with Gasteiger partial charge in [-0.1, -0.05) is 177 Å². The molecule has 2 rings (SSSR count). The summed E-state index contributed by atoms with van der Waals surface area (Å²) in [7, 11) is 0. The van der Waals surface area contributed by atoms with Gasteiger partial charge in [0, 0.05) is 13.0 Å². The number of unbranched alkanes of at least 4 members (excludes halogenated alkanes) is 19. The molecule has 0 amide bonds. The van der Waals surface area contributed by atoms with Crippen LogP contribution in [0.3, 0.4) is 0 Å². The quantitative estimate of drug-likeness (QED) is 0.0172. The predicted molar refractivity (Wildman–Crippen MR) is 289 cm³/mol. The molecule has 422 valence electrons. The molecule has 7 N–H and O–H groups in total. The molecule has 2 fully saturated rings. The van der Waals surface area contributed by atoms with E-state index in [1.807, 2.05) is 0 Å². The molecule has 0 aliphatic carbocycles. The van der Waals surface area contributed by atoms with E-state index in [9.17, 15) is 40.5 Å². The maximum atomic E-state index is 13.1. The monoisotopic (exact) mass is 1030 g/mol. The van der Waals surface area contributed by atoms with Crippen LogP contribution in [0.1, 0.15) is 194 Å². The molecule has 0 spiro atoms. The van der Waals surface area contributed by atoms with Crippen molar-refractivity contribution in [2.75, 3.05) is 33.0 Å². The fraction of sp³-hybridized carbons (Fsp3) is 0.780. The summed E-state index contributed by atoms with van der Waals surface area (Å²) in [6, 6.07) is 0. The van der Waals surface area contributed by atoms with Gasteiger partial charge in [0.1, 0.15) is 54.9 Å². The van der Waals surface area contributed by atoms with E-state index in [2.05, 4.69) is 86.8 Å². The molecule has 0 saturated carbocycles. The normalized spacial score (nSPS) is 25.5. The highest BCUT2D eigenvalue weighted by molar-refractivity contribution is 5.69. The van der Waals surface area contributed by atoms with Gasteiger partial charge in [0.25, 0.3) is 0 Å². The van der Waals surface area contributed by atoms with Crippen molar-refractivity contribution < 1.29 is 69.0 Å². The van der Waals surface area contributed by atoms with Crippen LogP contribution in [-0.2, 0) is 33.2 Å². The van der Waals surface area contributed by atoms with E-state index in [1.54, 1.807) is 0 Å². The zero-order valence-corrected chi connectivity index (χ0v) is 45.1. The maximum Gasteiger partial charge on any atom is 0.306 e. The van der Waals surface area contributed by atoms with Crippen LogP contribution in [0.25, 0.3) is 0 Å². The van der Waals surface area contributed by atoms with Gasteiger partial charge in [-0.2, -0.15) is 0 Å². The van der Waals surface area contributed by atoms with Crippen LogP contribution >= 0.6 is 0 Å². The van der Waals surface area contributed by atoms with Crippen molar-refractivity contribution in [2.24, 2.45) is 0 Å². The molecular formula is C59H102O14. The summed E-state index contributed by atoms with van der Waals surface area (Å²) in [6.07, 6.45) is 41.0. The van der Waals surface area contributed by atoms with Crippen LogP contribution in [0.4, 0.5) is 0 Å². The number of carbonyl (C=O) groups is 1. The number of hydrogen-bond donors (Lipinski definition) is 7. The molecule has 11 unspecified atom stereocenters. The minimum atomic E-state index is -1.71. The average Bonchev–Trinajstić information content (AvgIpc) is 3.39. The highest BCUT2D eigenvalue weighted by Crippen LogP contribution is 2.26. The van der Waals surface area contributed by atoms with E-state index in [0.717, 1.165) is 83.5 Å². The first kappa shape index (κ1) is 66.5. The van der Waals surface area contributed by atoms with Gasteiger partial charge >= 0.3 is 5.97 Å². The molecule has 0 radical (unpaired) electrons. The molecule has 2 heterocycles. The highest BCUT2D eigenvalue weighted by Gasteiger charge is 2.47. The summed E-state index contributed by atoms with van der Waals surface area (Å²) in [4.78, 5) is 13.1. The topological polar surface area (TPSA) is 214 Å². The zero-order valence-electron chi connectivity index (χ0n) is 45.1.